The van der Waals surface area contributed by atoms with Crippen molar-refractivity contribution in [2.24, 2.45) is 0 Å². The van der Waals surface area contributed by atoms with Crippen molar-refractivity contribution in [1.82, 2.24) is 10.2 Å². The highest BCUT2D eigenvalue weighted by Crippen LogP contribution is 2.22. The van der Waals surface area contributed by atoms with Gasteiger partial charge in [-0.15, -0.1) is 10.2 Å². The van der Waals surface area contributed by atoms with E-state index in [9.17, 15) is 4.79 Å². The quantitative estimate of drug-likeness (QED) is 0.388. The molecule has 0 unspecified atom stereocenters. The summed E-state index contributed by atoms with van der Waals surface area (Å²) in [6.07, 6.45) is 1.11. The van der Waals surface area contributed by atoms with Crippen molar-refractivity contribution in [3.05, 3.63) is 35.2 Å². The number of hydrogen-bond donors (Lipinski definition) is 0. The van der Waals surface area contributed by atoms with Gasteiger partial charge in [-0.05, 0) is 44.4 Å². The molecule has 0 aliphatic carbocycles. The third-order valence-corrected chi connectivity index (χ3v) is 4.10. The average Bonchev–Trinajstić information content (AvgIpc) is 3.00. The van der Waals surface area contributed by atoms with E-state index < -0.39 is 0 Å². The Hall–Kier alpha value is -2.02. The summed E-state index contributed by atoms with van der Waals surface area (Å²) >= 11 is 1.42. The number of carbonyl (C=O) groups is 1. The van der Waals surface area contributed by atoms with E-state index in [1.807, 2.05) is 32.0 Å². The fraction of sp³-hybridized carbons (Fsp3) is 0.471. The van der Waals surface area contributed by atoms with Crippen LogP contribution in [0.4, 0.5) is 0 Å². The Labute approximate surface area is 145 Å². The van der Waals surface area contributed by atoms with Gasteiger partial charge in [0.2, 0.25) is 0 Å². The smallest absolute Gasteiger partial charge is 0.305 e. The van der Waals surface area contributed by atoms with Gasteiger partial charge in [-0.3, -0.25) is 4.79 Å². The fourth-order valence-electron chi connectivity index (χ4n) is 1.97. The molecule has 24 heavy (non-hydrogen) atoms. The molecule has 1 aromatic heterocycles. The lowest BCUT2D eigenvalue weighted by Crippen LogP contribution is -2.03. The van der Waals surface area contributed by atoms with Crippen LogP contribution in [-0.2, 0) is 16.1 Å². The first-order valence-electron chi connectivity index (χ1n) is 7.89. The van der Waals surface area contributed by atoms with E-state index in [2.05, 4.69) is 10.2 Å². The molecular weight excluding hydrogens is 328 g/mol. The zero-order chi connectivity index (χ0) is 17.4. The van der Waals surface area contributed by atoms with Crippen molar-refractivity contribution in [2.45, 2.75) is 45.4 Å². The van der Waals surface area contributed by atoms with Crippen LogP contribution in [0.5, 0.6) is 5.75 Å². The molecule has 0 aliphatic rings. The van der Waals surface area contributed by atoms with Gasteiger partial charge in [0.15, 0.2) is 6.61 Å². The number of thioether (sulfide) groups is 1. The van der Waals surface area contributed by atoms with Gasteiger partial charge in [0.25, 0.3) is 11.1 Å². The minimum atomic E-state index is -0.175. The molecule has 0 N–H and O–H groups in total. The third-order valence-electron chi connectivity index (χ3n) is 3.20. The molecule has 0 amide bonds. The van der Waals surface area contributed by atoms with Crippen LogP contribution in [0.3, 0.4) is 0 Å². The number of ether oxygens (including phenoxy) is 2. The molecule has 130 valence electrons. The van der Waals surface area contributed by atoms with E-state index in [0.29, 0.717) is 30.6 Å². The molecule has 0 spiro atoms. The molecule has 0 saturated carbocycles. The molecule has 1 aromatic carbocycles. The Bertz CT molecular complexity index is 672. The van der Waals surface area contributed by atoms with E-state index in [1.165, 1.54) is 11.8 Å². The van der Waals surface area contributed by atoms with Crippen molar-refractivity contribution < 1.29 is 18.7 Å². The molecule has 0 aliphatic heterocycles. The lowest BCUT2D eigenvalue weighted by atomic mass is 10.1. The van der Waals surface area contributed by atoms with E-state index in [-0.39, 0.29) is 12.6 Å². The molecule has 0 saturated heterocycles. The molecule has 1 heterocycles. The van der Waals surface area contributed by atoms with Crippen molar-refractivity contribution in [3.8, 4) is 5.75 Å². The van der Waals surface area contributed by atoms with Gasteiger partial charge in [0.1, 0.15) is 5.75 Å². The maximum absolute atomic E-state index is 11.2. The number of esters is 1. The van der Waals surface area contributed by atoms with Crippen molar-refractivity contribution >= 4 is 17.7 Å². The second-order valence-electron chi connectivity index (χ2n) is 5.28. The second-order valence-corrected chi connectivity index (χ2v) is 6.32. The summed E-state index contributed by atoms with van der Waals surface area (Å²) in [5, 5.41) is 8.43. The van der Waals surface area contributed by atoms with Crippen molar-refractivity contribution in [2.75, 3.05) is 12.4 Å². The van der Waals surface area contributed by atoms with Crippen molar-refractivity contribution in [3.63, 3.8) is 0 Å². The van der Waals surface area contributed by atoms with Gasteiger partial charge in [0.05, 0.1) is 6.61 Å². The third kappa shape index (κ3) is 5.88. The Morgan fingerprint density at radius 3 is 2.92 bits per heavy atom. The predicted octanol–water partition coefficient (Wildman–Crippen LogP) is 3.70. The van der Waals surface area contributed by atoms with Gasteiger partial charge in [-0.1, -0.05) is 23.9 Å². The molecule has 0 radical (unpaired) electrons. The van der Waals surface area contributed by atoms with Gasteiger partial charge >= 0.3 is 5.97 Å². The first kappa shape index (κ1) is 18.3. The number of nitrogens with zero attached hydrogens (tertiary/aromatic N) is 2. The summed E-state index contributed by atoms with van der Waals surface area (Å²) in [6.45, 7) is 6.46. The zero-order valence-corrected chi connectivity index (χ0v) is 15.0. The lowest BCUT2D eigenvalue weighted by molar-refractivity contribution is -0.143. The largest absolute Gasteiger partial charge is 0.484 e. The maximum atomic E-state index is 11.2. The number of benzene rings is 1. The highest BCUT2D eigenvalue weighted by molar-refractivity contribution is 7.99. The lowest BCUT2D eigenvalue weighted by Gasteiger charge is -2.07. The highest BCUT2D eigenvalue weighted by Gasteiger charge is 2.09. The van der Waals surface area contributed by atoms with E-state index >= 15 is 0 Å². The minimum Gasteiger partial charge on any atom is -0.484 e. The number of carbonyl (C=O) groups excluding carboxylic acids is 1. The summed E-state index contributed by atoms with van der Waals surface area (Å²) in [5.74, 6) is 1.80. The van der Waals surface area contributed by atoms with Crippen LogP contribution >= 0.6 is 11.8 Å². The topological polar surface area (TPSA) is 74.5 Å². The molecule has 0 bridgehead atoms. The van der Waals surface area contributed by atoms with Crippen LogP contribution in [-0.4, -0.2) is 28.5 Å². The normalized spacial score (nSPS) is 10.6. The van der Waals surface area contributed by atoms with Gasteiger partial charge in [-0.25, -0.2) is 0 Å². The summed E-state index contributed by atoms with van der Waals surface area (Å²) < 4.78 is 16.1. The van der Waals surface area contributed by atoms with Crippen LogP contribution in [0.25, 0.3) is 0 Å². The molecule has 2 aromatic rings. The van der Waals surface area contributed by atoms with Gasteiger partial charge < -0.3 is 13.9 Å². The Kier molecular flexibility index (Phi) is 7.11. The van der Waals surface area contributed by atoms with E-state index in [0.717, 1.165) is 22.6 Å². The summed E-state index contributed by atoms with van der Waals surface area (Å²) in [6, 6.07) is 6.04. The van der Waals surface area contributed by atoms with Crippen LogP contribution in [0.2, 0.25) is 0 Å². The number of rotatable bonds is 9. The molecule has 0 fully saturated rings. The Morgan fingerprint density at radius 2 is 2.12 bits per heavy atom. The van der Waals surface area contributed by atoms with Crippen LogP contribution in [0.15, 0.2) is 27.8 Å². The van der Waals surface area contributed by atoms with Gasteiger partial charge in [-0.2, -0.15) is 0 Å². The van der Waals surface area contributed by atoms with E-state index in [4.69, 9.17) is 13.9 Å². The van der Waals surface area contributed by atoms with Crippen LogP contribution in [0, 0.1) is 13.8 Å². The summed E-state index contributed by atoms with van der Waals surface area (Å²) in [7, 11) is 0. The number of aryl methyl sites for hydroxylation is 2. The van der Waals surface area contributed by atoms with E-state index in [1.54, 1.807) is 6.92 Å². The molecule has 6 nitrogen and oxygen atoms in total. The zero-order valence-electron chi connectivity index (χ0n) is 14.2. The number of hydrogen-bond acceptors (Lipinski definition) is 7. The molecule has 7 heteroatoms. The Balaban J connectivity index is 1.75. The maximum Gasteiger partial charge on any atom is 0.305 e. The fourth-order valence-corrected chi connectivity index (χ4v) is 2.68. The monoisotopic (exact) mass is 350 g/mol. The predicted molar refractivity (Wildman–Crippen MR) is 91.1 cm³/mol. The summed E-state index contributed by atoms with van der Waals surface area (Å²) in [4.78, 5) is 11.2. The van der Waals surface area contributed by atoms with Crippen LogP contribution in [0.1, 0.15) is 36.8 Å². The standard InChI is InChI=1S/C17H22N2O4S/c1-4-21-16(20)6-5-9-24-17-19-18-15(23-17)11-22-14-10-12(2)7-8-13(14)3/h7-8,10H,4-6,9,11H2,1-3H3. The van der Waals surface area contributed by atoms with Gasteiger partial charge in [0, 0.05) is 12.2 Å². The highest BCUT2D eigenvalue weighted by atomic mass is 32.2. The molecular formula is C17H22N2O4S. The molecule has 2 rings (SSSR count). The average molecular weight is 350 g/mol. The van der Waals surface area contributed by atoms with Crippen LogP contribution < -0.4 is 4.74 Å². The van der Waals surface area contributed by atoms with Crippen molar-refractivity contribution in [1.29, 1.82) is 0 Å². The minimum absolute atomic E-state index is 0.175. The summed E-state index contributed by atoms with van der Waals surface area (Å²) in [5.41, 5.74) is 2.20. The second kappa shape index (κ2) is 9.32. The molecule has 0 atom stereocenters. The first-order chi connectivity index (χ1) is 11.6. The number of aromatic nitrogens is 2. The first-order valence-corrected chi connectivity index (χ1v) is 8.88. The SMILES string of the molecule is CCOC(=O)CCCSc1nnc(COc2cc(C)ccc2C)o1. The Morgan fingerprint density at radius 1 is 1.29 bits per heavy atom.